The molecule has 1 aliphatic heterocycles. The molecular weight excluding hydrogens is 635 g/mol. The number of hydrogen-bond acceptors (Lipinski definition) is 5. The molecule has 0 bridgehead atoms. The van der Waals surface area contributed by atoms with Crippen molar-refractivity contribution in [3.8, 4) is 51.1 Å². The maximum absolute atomic E-state index is 9.50. The van der Waals surface area contributed by atoms with E-state index in [-0.39, 0.29) is 5.41 Å². The average Bonchev–Trinajstić information content (AvgIpc) is 3.52. The van der Waals surface area contributed by atoms with E-state index in [2.05, 4.69) is 129 Å². The Morgan fingerprint density at radius 3 is 1.96 bits per heavy atom. The van der Waals surface area contributed by atoms with E-state index in [1.165, 1.54) is 41.8 Å². The van der Waals surface area contributed by atoms with Crippen LogP contribution in [-0.4, -0.2) is 9.97 Å². The normalized spacial score (nSPS) is 13.2. The van der Waals surface area contributed by atoms with Gasteiger partial charge in [-0.1, -0.05) is 129 Å². The molecule has 0 saturated carbocycles. The highest BCUT2D eigenvalue weighted by Crippen LogP contribution is 2.50. The number of fused-ring (bicyclic) bond motifs is 5. The minimum atomic E-state index is -0.144. The van der Waals surface area contributed by atoms with E-state index < -0.39 is 0 Å². The molecule has 0 N–H and O–H groups in total. The zero-order chi connectivity index (χ0) is 33.1. The summed E-state index contributed by atoms with van der Waals surface area (Å²) < 4.78 is 2.55. The van der Waals surface area contributed by atoms with Gasteiger partial charge >= 0.3 is 0 Å². The lowest BCUT2D eigenvalue weighted by molar-refractivity contribution is 0.607. The standard InChI is InChI=1S/C44H29N3S2/c1-44(2)35-20-12-27(26-45)22-41(35)49-42-23-31(18-21-36(42)44)28-13-15-29(16-14-28)37-25-38(47-43(46-37)30-8-4-3-5-9-30)32-17-19-34-33-10-6-7-11-39(33)48-40(34)24-32/h3-25H,1-2H3. The van der Waals surface area contributed by atoms with Crippen LogP contribution in [0.2, 0.25) is 0 Å². The first kappa shape index (κ1) is 29.6. The zero-order valence-corrected chi connectivity index (χ0v) is 28.6. The van der Waals surface area contributed by atoms with Crippen LogP contribution >= 0.6 is 23.1 Å². The predicted octanol–water partition coefficient (Wildman–Crippen LogP) is 12.2. The topological polar surface area (TPSA) is 49.6 Å². The first-order valence-electron chi connectivity index (χ1n) is 16.3. The molecule has 8 aromatic rings. The molecule has 0 fully saturated rings. The van der Waals surface area contributed by atoms with E-state index in [1.54, 1.807) is 11.8 Å². The third-order valence-corrected chi connectivity index (χ3v) is 11.9. The summed E-state index contributed by atoms with van der Waals surface area (Å²) in [6.45, 7) is 4.54. The van der Waals surface area contributed by atoms with Gasteiger partial charge in [-0.05, 0) is 58.7 Å². The Balaban J connectivity index is 1.09. The third kappa shape index (κ3) is 5.12. The molecule has 232 valence electrons. The largest absolute Gasteiger partial charge is 0.228 e. The molecule has 5 heteroatoms. The van der Waals surface area contributed by atoms with Crippen molar-refractivity contribution >= 4 is 43.3 Å². The smallest absolute Gasteiger partial charge is 0.160 e. The fourth-order valence-corrected chi connectivity index (χ4v) is 9.56. The van der Waals surface area contributed by atoms with E-state index in [1.807, 2.05) is 41.7 Å². The highest BCUT2D eigenvalue weighted by molar-refractivity contribution is 7.99. The molecular formula is C44H29N3S2. The van der Waals surface area contributed by atoms with Gasteiger partial charge in [0, 0.05) is 52.1 Å². The van der Waals surface area contributed by atoms with Crippen molar-refractivity contribution in [1.29, 1.82) is 5.26 Å². The molecule has 0 aliphatic carbocycles. The van der Waals surface area contributed by atoms with Gasteiger partial charge in [0.05, 0.1) is 23.0 Å². The average molecular weight is 664 g/mol. The van der Waals surface area contributed by atoms with Crippen LogP contribution in [0.1, 0.15) is 30.5 Å². The van der Waals surface area contributed by atoms with Crippen molar-refractivity contribution < 1.29 is 0 Å². The lowest BCUT2D eigenvalue weighted by Gasteiger charge is -2.35. The van der Waals surface area contributed by atoms with Gasteiger partial charge in [0.25, 0.3) is 0 Å². The van der Waals surface area contributed by atoms with Crippen LogP contribution in [0.15, 0.2) is 149 Å². The number of nitriles is 1. The Labute approximate surface area is 293 Å². The first-order chi connectivity index (χ1) is 23.9. The van der Waals surface area contributed by atoms with Crippen LogP contribution in [0, 0.1) is 11.3 Å². The first-order valence-corrected chi connectivity index (χ1v) is 17.9. The molecule has 2 aromatic heterocycles. The van der Waals surface area contributed by atoms with Crippen LogP contribution < -0.4 is 0 Å². The summed E-state index contributed by atoms with van der Waals surface area (Å²) in [6, 6.07) is 51.4. The van der Waals surface area contributed by atoms with Crippen LogP contribution in [0.3, 0.4) is 0 Å². The van der Waals surface area contributed by atoms with Crippen LogP contribution in [0.25, 0.3) is 65.2 Å². The van der Waals surface area contributed by atoms with Gasteiger partial charge in [-0.3, -0.25) is 0 Å². The Morgan fingerprint density at radius 2 is 1.16 bits per heavy atom. The van der Waals surface area contributed by atoms with Gasteiger partial charge in [-0.25, -0.2) is 9.97 Å². The zero-order valence-electron chi connectivity index (χ0n) is 26.9. The molecule has 0 saturated heterocycles. The van der Waals surface area contributed by atoms with Gasteiger partial charge in [0.1, 0.15) is 0 Å². The number of aromatic nitrogens is 2. The summed E-state index contributed by atoms with van der Waals surface area (Å²) in [7, 11) is 0. The summed E-state index contributed by atoms with van der Waals surface area (Å²) in [5, 5.41) is 12.1. The SMILES string of the molecule is CC1(C)c2ccc(C#N)cc2Sc2cc(-c3ccc(-c4cc(-c5ccc6c(c5)sc5ccccc56)nc(-c5ccccc5)n4)cc3)ccc21. The third-order valence-electron chi connectivity index (χ3n) is 9.61. The summed E-state index contributed by atoms with van der Waals surface area (Å²) in [6.07, 6.45) is 0. The molecule has 6 aromatic carbocycles. The molecule has 9 rings (SSSR count). The number of nitrogens with zero attached hydrogens (tertiary/aromatic N) is 3. The molecule has 0 amide bonds. The molecule has 0 radical (unpaired) electrons. The minimum absolute atomic E-state index is 0.144. The second-order valence-corrected chi connectivity index (χ2v) is 15.1. The molecule has 3 heterocycles. The van der Waals surface area contributed by atoms with Gasteiger partial charge in [0.2, 0.25) is 0 Å². The van der Waals surface area contributed by atoms with Crippen LogP contribution in [-0.2, 0) is 5.41 Å². The summed E-state index contributed by atoms with van der Waals surface area (Å²) in [4.78, 5) is 12.5. The van der Waals surface area contributed by atoms with Crippen molar-refractivity contribution in [2.75, 3.05) is 0 Å². The maximum atomic E-state index is 9.50. The van der Waals surface area contributed by atoms with E-state index in [0.29, 0.717) is 11.4 Å². The monoisotopic (exact) mass is 663 g/mol. The van der Waals surface area contributed by atoms with Gasteiger partial charge < -0.3 is 0 Å². The van der Waals surface area contributed by atoms with Gasteiger partial charge in [-0.2, -0.15) is 5.26 Å². The van der Waals surface area contributed by atoms with E-state index in [9.17, 15) is 5.26 Å². The summed E-state index contributed by atoms with van der Waals surface area (Å²) in [5.74, 6) is 0.711. The van der Waals surface area contributed by atoms with E-state index >= 15 is 0 Å². The van der Waals surface area contributed by atoms with Crippen LogP contribution in [0.5, 0.6) is 0 Å². The minimum Gasteiger partial charge on any atom is -0.228 e. The number of rotatable bonds is 4. The fourth-order valence-electron chi connectivity index (χ4n) is 6.94. The molecule has 3 nitrogen and oxygen atoms in total. The van der Waals surface area contributed by atoms with Crippen LogP contribution in [0.4, 0.5) is 0 Å². The predicted molar refractivity (Wildman–Crippen MR) is 204 cm³/mol. The number of benzene rings is 6. The Hall–Kier alpha value is -5.54. The number of hydrogen-bond donors (Lipinski definition) is 0. The molecule has 1 aliphatic rings. The fraction of sp³-hybridized carbons (Fsp3) is 0.0682. The van der Waals surface area contributed by atoms with Gasteiger partial charge in [-0.15, -0.1) is 11.3 Å². The van der Waals surface area contributed by atoms with E-state index in [0.717, 1.165) is 38.5 Å². The quantitative estimate of drug-likeness (QED) is 0.188. The maximum Gasteiger partial charge on any atom is 0.160 e. The highest BCUT2D eigenvalue weighted by atomic mass is 32.2. The van der Waals surface area contributed by atoms with Crippen molar-refractivity contribution in [3.63, 3.8) is 0 Å². The second kappa shape index (κ2) is 11.6. The van der Waals surface area contributed by atoms with E-state index in [4.69, 9.17) is 9.97 Å². The summed E-state index contributed by atoms with van der Waals surface area (Å²) >= 11 is 3.58. The highest BCUT2D eigenvalue weighted by Gasteiger charge is 2.33. The lowest BCUT2D eigenvalue weighted by atomic mass is 9.77. The lowest BCUT2D eigenvalue weighted by Crippen LogP contribution is -2.23. The second-order valence-electron chi connectivity index (χ2n) is 13.0. The molecule has 0 unspecified atom stereocenters. The van der Waals surface area contributed by atoms with Crippen molar-refractivity contribution in [2.24, 2.45) is 0 Å². The van der Waals surface area contributed by atoms with Crippen molar-refractivity contribution in [3.05, 3.63) is 156 Å². The molecule has 0 atom stereocenters. The Bertz CT molecular complexity index is 2610. The molecule has 49 heavy (non-hydrogen) atoms. The number of thiophene rings is 1. The van der Waals surface area contributed by atoms with Gasteiger partial charge in [0.15, 0.2) is 5.82 Å². The Morgan fingerprint density at radius 1 is 0.531 bits per heavy atom. The Kier molecular flexibility index (Phi) is 6.98. The summed E-state index contributed by atoms with van der Waals surface area (Å²) in [5.41, 5.74) is 10.3. The molecule has 0 spiro atoms. The van der Waals surface area contributed by atoms with Crippen molar-refractivity contribution in [2.45, 2.75) is 29.1 Å². The van der Waals surface area contributed by atoms with Crippen molar-refractivity contribution in [1.82, 2.24) is 9.97 Å².